The first kappa shape index (κ1) is 14.8. The van der Waals surface area contributed by atoms with Gasteiger partial charge in [0.2, 0.25) is 5.91 Å². The summed E-state index contributed by atoms with van der Waals surface area (Å²) >= 11 is 1.79. The van der Waals surface area contributed by atoms with Crippen LogP contribution in [-0.4, -0.2) is 40.4 Å². The van der Waals surface area contributed by atoms with Crippen molar-refractivity contribution in [2.24, 2.45) is 5.41 Å². The fourth-order valence-corrected chi connectivity index (χ4v) is 4.61. The third-order valence-electron chi connectivity index (χ3n) is 4.99. The number of carbonyl (C=O) groups excluding carboxylic acids is 1. The van der Waals surface area contributed by atoms with E-state index in [4.69, 9.17) is 0 Å². The van der Waals surface area contributed by atoms with Gasteiger partial charge in [0, 0.05) is 24.5 Å². The van der Waals surface area contributed by atoms with E-state index < -0.39 is 0 Å². The number of thiophene rings is 1. The van der Waals surface area contributed by atoms with Crippen molar-refractivity contribution in [2.75, 3.05) is 24.5 Å². The molecule has 6 heteroatoms. The number of hydrogen-bond donors (Lipinski definition) is 0. The Labute approximate surface area is 140 Å². The van der Waals surface area contributed by atoms with E-state index in [-0.39, 0.29) is 11.3 Å². The fourth-order valence-electron chi connectivity index (χ4n) is 3.86. The minimum atomic E-state index is -0.217. The van der Waals surface area contributed by atoms with Crippen LogP contribution in [0.4, 0.5) is 5.69 Å². The molecular weight excluding hydrogens is 308 g/mol. The Bertz CT molecular complexity index is 675. The number of rotatable bonds is 3. The highest BCUT2D eigenvalue weighted by atomic mass is 32.1. The first-order valence-corrected chi connectivity index (χ1v) is 8.97. The van der Waals surface area contributed by atoms with Gasteiger partial charge in [-0.2, -0.15) is 0 Å². The molecule has 2 aromatic rings. The molecule has 1 spiro atoms. The van der Waals surface area contributed by atoms with Gasteiger partial charge in [-0.15, -0.1) is 11.3 Å². The number of likely N-dealkylation sites (tertiary alicyclic amines) is 1. The van der Waals surface area contributed by atoms with Crippen LogP contribution < -0.4 is 4.90 Å². The van der Waals surface area contributed by atoms with Crippen LogP contribution in [0.5, 0.6) is 0 Å². The predicted molar refractivity (Wildman–Crippen MR) is 90.3 cm³/mol. The number of aromatic nitrogens is 2. The number of nitrogens with zero attached hydrogens (tertiary/aromatic N) is 4. The summed E-state index contributed by atoms with van der Waals surface area (Å²) in [7, 11) is 0. The number of anilines is 1. The quantitative estimate of drug-likeness (QED) is 0.869. The number of piperidine rings is 1. The van der Waals surface area contributed by atoms with Crippen molar-refractivity contribution < 1.29 is 4.79 Å². The highest BCUT2D eigenvalue weighted by molar-refractivity contribution is 7.09. The molecule has 0 saturated carbocycles. The SMILES string of the molecule is O=C1N(c2cncnc2)CCC12CCCN(Cc1cccs1)C2. The minimum absolute atomic E-state index is 0.217. The molecule has 0 bridgehead atoms. The number of hydrogen-bond acceptors (Lipinski definition) is 5. The van der Waals surface area contributed by atoms with Crippen molar-refractivity contribution in [1.29, 1.82) is 0 Å². The topological polar surface area (TPSA) is 49.3 Å². The smallest absolute Gasteiger partial charge is 0.234 e. The van der Waals surface area contributed by atoms with Gasteiger partial charge in [0.25, 0.3) is 0 Å². The molecule has 1 amide bonds. The maximum atomic E-state index is 13.1. The molecule has 2 saturated heterocycles. The molecule has 5 nitrogen and oxygen atoms in total. The molecule has 0 radical (unpaired) electrons. The molecule has 2 fully saturated rings. The van der Waals surface area contributed by atoms with Crippen molar-refractivity contribution in [3.8, 4) is 0 Å². The van der Waals surface area contributed by atoms with Crippen LogP contribution >= 0.6 is 11.3 Å². The standard InChI is InChI=1S/C17H20N4OS/c22-16-17(5-7-21(16)14-9-18-13-19-10-14)4-2-6-20(12-17)11-15-3-1-8-23-15/h1,3,8-10,13H,2,4-7,11-12H2. The van der Waals surface area contributed by atoms with E-state index in [2.05, 4.69) is 32.4 Å². The second-order valence-electron chi connectivity index (χ2n) is 6.48. The van der Waals surface area contributed by atoms with Gasteiger partial charge >= 0.3 is 0 Å². The number of amides is 1. The van der Waals surface area contributed by atoms with Gasteiger partial charge < -0.3 is 4.90 Å². The van der Waals surface area contributed by atoms with Crippen LogP contribution in [0.15, 0.2) is 36.2 Å². The van der Waals surface area contributed by atoms with Crippen LogP contribution in [0.3, 0.4) is 0 Å². The van der Waals surface area contributed by atoms with E-state index in [1.165, 1.54) is 11.2 Å². The molecule has 1 unspecified atom stereocenters. The van der Waals surface area contributed by atoms with Crippen molar-refractivity contribution in [1.82, 2.24) is 14.9 Å². The van der Waals surface area contributed by atoms with Crippen LogP contribution in [-0.2, 0) is 11.3 Å². The summed E-state index contributed by atoms with van der Waals surface area (Å²) < 4.78 is 0. The molecule has 2 aliphatic heterocycles. The average molecular weight is 328 g/mol. The van der Waals surface area contributed by atoms with Crippen LogP contribution in [0, 0.1) is 5.41 Å². The van der Waals surface area contributed by atoms with Crippen LogP contribution in [0.2, 0.25) is 0 Å². The maximum Gasteiger partial charge on any atom is 0.234 e. The maximum absolute atomic E-state index is 13.1. The molecule has 1 atom stereocenters. The average Bonchev–Trinajstić information content (AvgIpc) is 3.19. The largest absolute Gasteiger partial charge is 0.309 e. The monoisotopic (exact) mass is 328 g/mol. The summed E-state index contributed by atoms with van der Waals surface area (Å²) in [6.45, 7) is 3.69. The molecule has 120 valence electrons. The van der Waals surface area contributed by atoms with Gasteiger partial charge in [0.1, 0.15) is 6.33 Å². The lowest BCUT2D eigenvalue weighted by atomic mass is 9.78. The molecule has 2 aliphatic rings. The van der Waals surface area contributed by atoms with Crippen molar-refractivity contribution >= 4 is 22.9 Å². The van der Waals surface area contributed by atoms with Crippen molar-refractivity contribution in [2.45, 2.75) is 25.8 Å². The Kier molecular flexibility index (Phi) is 3.87. The summed E-state index contributed by atoms with van der Waals surface area (Å²) in [4.78, 5) is 26.9. The lowest BCUT2D eigenvalue weighted by molar-refractivity contribution is -0.128. The molecule has 0 N–H and O–H groups in total. The molecule has 4 rings (SSSR count). The Balaban J connectivity index is 1.51. The fraction of sp³-hybridized carbons (Fsp3) is 0.471. The first-order chi connectivity index (χ1) is 11.3. The Morgan fingerprint density at radius 2 is 2.09 bits per heavy atom. The van der Waals surface area contributed by atoms with Gasteiger partial charge in [-0.05, 0) is 37.3 Å². The zero-order valence-corrected chi connectivity index (χ0v) is 13.8. The van der Waals surface area contributed by atoms with Gasteiger partial charge in [0.15, 0.2) is 0 Å². The molecule has 0 aromatic carbocycles. The minimum Gasteiger partial charge on any atom is -0.309 e. The molecule has 2 aromatic heterocycles. The summed E-state index contributed by atoms with van der Waals surface area (Å²) in [5.74, 6) is 0.253. The van der Waals surface area contributed by atoms with E-state index in [0.29, 0.717) is 0 Å². The Morgan fingerprint density at radius 3 is 2.87 bits per heavy atom. The molecular formula is C17H20N4OS. The number of carbonyl (C=O) groups is 1. The highest BCUT2D eigenvalue weighted by Crippen LogP contribution is 2.42. The predicted octanol–water partition coefficient (Wildman–Crippen LogP) is 2.56. The summed E-state index contributed by atoms with van der Waals surface area (Å²) in [6, 6.07) is 4.27. The first-order valence-electron chi connectivity index (χ1n) is 8.09. The van der Waals surface area contributed by atoms with Crippen LogP contribution in [0.25, 0.3) is 0 Å². The Morgan fingerprint density at radius 1 is 1.22 bits per heavy atom. The Hall–Kier alpha value is -1.79. The van der Waals surface area contributed by atoms with Crippen LogP contribution in [0.1, 0.15) is 24.1 Å². The third kappa shape index (κ3) is 2.77. The van der Waals surface area contributed by atoms with E-state index in [1.54, 1.807) is 23.7 Å². The van der Waals surface area contributed by atoms with Gasteiger partial charge in [0.05, 0.1) is 23.5 Å². The molecule has 4 heterocycles. The summed E-state index contributed by atoms with van der Waals surface area (Å²) in [5, 5.41) is 2.12. The second kappa shape index (κ2) is 6.02. The lowest BCUT2D eigenvalue weighted by Crippen LogP contribution is -2.47. The molecule has 0 aliphatic carbocycles. The van der Waals surface area contributed by atoms with E-state index >= 15 is 0 Å². The second-order valence-corrected chi connectivity index (χ2v) is 7.51. The summed E-state index contributed by atoms with van der Waals surface area (Å²) in [5.41, 5.74) is 0.607. The van der Waals surface area contributed by atoms with E-state index in [1.807, 2.05) is 4.90 Å². The summed E-state index contributed by atoms with van der Waals surface area (Å²) in [6.07, 6.45) is 7.99. The van der Waals surface area contributed by atoms with Gasteiger partial charge in [-0.3, -0.25) is 9.69 Å². The highest BCUT2D eigenvalue weighted by Gasteiger charge is 2.49. The van der Waals surface area contributed by atoms with Gasteiger partial charge in [-0.25, -0.2) is 9.97 Å². The van der Waals surface area contributed by atoms with Crippen molar-refractivity contribution in [3.63, 3.8) is 0 Å². The van der Waals surface area contributed by atoms with E-state index in [0.717, 1.165) is 51.1 Å². The van der Waals surface area contributed by atoms with Crippen molar-refractivity contribution in [3.05, 3.63) is 41.1 Å². The molecule has 23 heavy (non-hydrogen) atoms. The normalized spacial score (nSPS) is 25.4. The van der Waals surface area contributed by atoms with Gasteiger partial charge in [-0.1, -0.05) is 6.07 Å². The van der Waals surface area contributed by atoms with E-state index in [9.17, 15) is 4.79 Å². The third-order valence-corrected chi connectivity index (χ3v) is 5.85. The zero-order chi connectivity index (χ0) is 15.7. The zero-order valence-electron chi connectivity index (χ0n) is 13.0. The lowest BCUT2D eigenvalue weighted by Gasteiger charge is -2.38.